The van der Waals surface area contributed by atoms with Gasteiger partial charge in [-0.2, -0.15) is 0 Å². The molecule has 2 atom stereocenters. The fourth-order valence-electron chi connectivity index (χ4n) is 2.59. The molecule has 1 aromatic rings. The minimum atomic E-state index is 0.278. The van der Waals surface area contributed by atoms with Gasteiger partial charge in [0.05, 0.1) is 12.8 Å². The van der Waals surface area contributed by atoms with Gasteiger partial charge < -0.3 is 10.1 Å². The quantitative estimate of drug-likeness (QED) is 0.920. The summed E-state index contributed by atoms with van der Waals surface area (Å²) in [6.45, 7) is 12.1. The van der Waals surface area contributed by atoms with Gasteiger partial charge in [0.15, 0.2) is 0 Å². The molecule has 1 aliphatic rings. The lowest BCUT2D eigenvalue weighted by molar-refractivity contribution is 0.0865. The minimum absolute atomic E-state index is 0.278. The van der Waals surface area contributed by atoms with Gasteiger partial charge in [-0.15, -0.1) is 0 Å². The molecule has 2 heterocycles. The number of hydrogen-bond donors (Lipinski definition) is 1. The Kier molecular flexibility index (Phi) is 4.66. The van der Waals surface area contributed by atoms with Gasteiger partial charge in [-0.1, -0.05) is 26.8 Å². The molecule has 4 nitrogen and oxygen atoms in total. The highest BCUT2D eigenvalue weighted by atomic mass is 16.5. The van der Waals surface area contributed by atoms with Gasteiger partial charge >= 0.3 is 0 Å². The Balaban J connectivity index is 2.06. The second-order valence-electron chi connectivity index (χ2n) is 6.78. The highest BCUT2D eigenvalue weighted by Gasteiger charge is 2.32. The van der Waals surface area contributed by atoms with Gasteiger partial charge in [-0.05, 0) is 18.4 Å². The van der Waals surface area contributed by atoms with Gasteiger partial charge in [0, 0.05) is 37.8 Å². The van der Waals surface area contributed by atoms with Crippen LogP contribution in [-0.2, 0) is 6.54 Å². The molecule has 0 spiro atoms. The standard InChI is InChI=1S/C16H27N3O/c1-12-9-17-14(16(2,3)4)11-19(12)10-13-7-6-8-15(18-13)20-5/h6-8,12,14,17H,9-11H2,1-5H3. The zero-order valence-corrected chi connectivity index (χ0v) is 13.3. The molecule has 4 heteroatoms. The first-order valence-electron chi connectivity index (χ1n) is 7.37. The molecule has 0 aliphatic carbocycles. The first kappa shape index (κ1) is 15.3. The Hall–Kier alpha value is -1.13. The lowest BCUT2D eigenvalue weighted by Crippen LogP contribution is -2.59. The van der Waals surface area contributed by atoms with Crippen LogP contribution >= 0.6 is 0 Å². The first-order valence-corrected chi connectivity index (χ1v) is 7.37. The van der Waals surface area contributed by atoms with E-state index in [0.717, 1.165) is 25.3 Å². The molecule has 0 saturated carbocycles. The van der Waals surface area contributed by atoms with E-state index < -0.39 is 0 Å². The zero-order chi connectivity index (χ0) is 14.8. The molecule has 112 valence electrons. The van der Waals surface area contributed by atoms with Gasteiger partial charge in [0.1, 0.15) is 0 Å². The maximum atomic E-state index is 5.20. The molecule has 2 rings (SSSR count). The van der Waals surface area contributed by atoms with Crippen LogP contribution in [0.3, 0.4) is 0 Å². The summed E-state index contributed by atoms with van der Waals surface area (Å²) >= 11 is 0. The molecule has 0 aromatic carbocycles. The zero-order valence-electron chi connectivity index (χ0n) is 13.3. The number of hydrogen-bond acceptors (Lipinski definition) is 4. The predicted octanol–water partition coefficient (Wildman–Crippen LogP) is 2.30. The van der Waals surface area contributed by atoms with Crippen molar-refractivity contribution in [1.82, 2.24) is 15.2 Å². The number of nitrogens with zero attached hydrogens (tertiary/aromatic N) is 2. The molecular weight excluding hydrogens is 250 g/mol. The van der Waals surface area contributed by atoms with Crippen LogP contribution in [0.1, 0.15) is 33.4 Å². The summed E-state index contributed by atoms with van der Waals surface area (Å²) in [5.74, 6) is 0.692. The van der Waals surface area contributed by atoms with Crippen molar-refractivity contribution in [3.8, 4) is 5.88 Å². The van der Waals surface area contributed by atoms with Crippen molar-refractivity contribution >= 4 is 0 Å². The molecule has 1 saturated heterocycles. The fraction of sp³-hybridized carbons (Fsp3) is 0.688. The Morgan fingerprint density at radius 3 is 2.80 bits per heavy atom. The first-order chi connectivity index (χ1) is 9.40. The van der Waals surface area contributed by atoms with Crippen LogP contribution < -0.4 is 10.1 Å². The molecule has 0 amide bonds. The van der Waals surface area contributed by atoms with E-state index in [1.807, 2.05) is 12.1 Å². The predicted molar refractivity (Wildman–Crippen MR) is 81.9 cm³/mol. The van der Waals surface area contributed by atoms with Gasteiger partial charge in [-0.25, -0.2) is 4.98 Å². The third-order valence-electron chi connectivity index (χ3n) is 4.10. The topological polar surface area (TPSA) is 37.4 Å². The van der Waals surface area contributed by atoms with Crippen LogP contribution in [0, 0.1) is 5.41 Å². The summed E-state index contributed by atoms with van der Waals surface area (Å²) in [6.07, 6.45) is 0. The lowest BCUT2D eigenvalue weighted by atomic mass is 9.85. The summed E-state index contributed by atoms with van der Waals surface area (Å²) in [5.41, 5.74) is 1.35. The monoisotopic (exact) mass is 277 g/mol. The molecular formula is C16H27N3O. The smallest absolute Gasteiger partial charge is 0.213 e. The summed E-state index contributed by atoms with van der Waals surface area (Å²) in [6, 6.07) is 7.02. The van der Waals surface area contributed by atoms with Crippen molar-refractivity contribution in [2.75, 3.05) is 20.2 Å². The maximum Gasteiger partial charge on any atom is 0.213 e. The third-order valence-corrected chi connectivity index (χ3v) is 4.10. The summed E-state index contributed by atoms with van der Waals surface area (Å²) in [4.78, 5) is 7.03. The van der Waals surface area contributed by atoms with E-state index in [-0.39, 0.29) is 5.41 Å². The molecule has 0 bridgehead atoms. The molecule has 1 aliphatic heterocycles. The average molecular weight is 277 g/mol. The summed E-state index contributed by atoms with van der Waals surface area (Å²) < 4.78 is 5.20. The number of rotatable bonds is 3. The number of methoxy groups -OCH3 is 1. The van der Waals surface area contributed by atoms with E-state index >= 15 is 0 Å². The Morgan fingerprint density at radius 1 is 1.40 bits per heavy atom. The number of piperazine rings is 1. The van der Waals surface area contributed by atoms with Gasteiger partial charge in [-0.3, -0.25) is 4.90 Å². The average Bonchev–Trinajstić information content (AvgIpc) is 2.40. The van der Waals surface area contributed by atoms with E-state index in [9.17, 15) is 0 Å². The van der Waals surface area contributed by atoms with Crippen molar-refractivity contribution in [2.45, 2.75) is 46.3 Å². The van der Waals surface area contributed by atoms with E-state index in [1.54, 1.807) is 7.11 Å². The van der Waals surface area contributed by atoms with Crippen molar-refractivity contribution in [3.63, 3.8) is 0 Å². The number of nitrogens with one attached hydrogen (secondary N) is 1. The number of aromatic nitrogens is 1. The van der Waals surface area contributed by atoms with Gasteiger partial charge in [0.2, 0.25) is 5.88 Å². The van der Waals surface area contributed by atoms with Crippen molar-refractivity contribution in [1.29, 1.82) is 0 Å². The van der Waals surface area contributed by atoms with Crippen LogP contribution in [0.2, 0.25) is 0 Å². The second-order valence-corrected chi connectivity index (χ2v) is 6.78. The number of ether oxygens (including phenoxy) is 1. The van der Waals surface area contributed by atoms with Crippen LogP contribution in [-0.4, -0.2) is 42.2 Å². The molecule has 0 radical (unpaired) electrons. The van der Waals surface area contributed by atoms with Crippen LogP contribution in [0.25, 0.3) is 0 Å². The summed E-state index contributed by atoms with van der Waals surface area (Å²) in [5, 5.41) is 3.66. The molecule has 2 unspecified atom stereocenters. The van der Waals surface area contributed by atoms with Crippen LogP contribution in [0.15, 0.2) is 18.2 Å². The van der Waals surface area contributed by atoms with Crippen molar-refractivity contribution in [3.05, 3.63) is 23.9 Å². The summed E-state index contributed by atoms with van der Waals surface area (Å²) in [7, 11) is 1.66. The van der Waals surface area contributed by atoms with Crippen molar-refractivity contribution < 1.29 is 4.74 Å². The van der Waals surface area contributed by atoms with E-state index in [4.69, 9.17) is 4.74 Å². The van der Waals surface area contributed by atoms with E-state index in [1.165, 1.54) is 0 Å². The van der Waals surface area contributed by atoms with E-state index in [0.29, 0.717) is 18.0 Å². The molecule has 1 fully saturated rings. The minimum Gasteiger partial charge on any atom is -0.481 e. The fourth-order valence-corrected chi connectivity index (χ4v) is 2.59. The molecule has 20 heavy (non-hydrogen) atoms. The Bertz CT molecular complexity index is 442. The lowest BCUT2D eigenvalue weighted by Gasteiger charge is -2.43. The largest absolute Gasteiger partial charge is 0.481 e. The van der Waals surface area contributed by atoms with Crippen molar-refractivity contribution in [2.24, 2.45) is 5.41 Å². The van der Waals surface area contributed by atoms with E-state index in [2.05, 4.69) is 49.0 Å². The SMILES string of the molecule is COc1cccc(CN2CC(C(C)(C)C)NCC2C)n1. The Labute approximate surface area is 122 Å². The Morgan fingerprint density at radius 2 is 2.15 bits per heavy atom. The number of pyridine rings is 1. The maximum absolute atomic E-state index is 5.20. The highest BCUT2D eigenvalue weighted by molar-refractivity contribution is 5.15. The third kappa shape index (κ3) is 3.70. The van der Waals surface area contributed by atoms with Gasteiger partial charge in [0.25, 0.3) is 0 Å². The highest BCUT2D eigenvalue weighted by Crippen LogP contribution is 2.24. The normalized spacial score (nSPS) is 24.6. The van der Waals surface area contributed by atoms with Crippen LogP contribution in [0.5, 0.6) is 5.88 Å². The molecule has 1 N–H and O–H groups in total. The second kappa shape index (κ2) is 6.10. The molecule has 1 aromatic heterocycles. The van der Waals surface area contributed by atoms with Crippen LogP contribution in [0.4, 0.5) is 0 Å².